The third-order valence-electron chi connectivity index (χ3n) is 6.26. The van der Waals surface area contributed by atoms with Crippen molar-refractivity contribution in [2.75, 3.05) is 5.32 Å². The van der Waals surface area contributed by atoms with Crippen LogP contribution in [0, 0.1) is 13.8 Å². The summed E-state index contributed by atoms with van der Waals surface area (Å²) in [4.78, 5) is 5.17. The Morgan fingerprint density at radius 3 is 2.27 bits per heavy atom. The lowest BCUT2D eigenvalue weighted by molar-refractivity contribution is -0.538. The van der Waals surface area contributed by atoms with Crippen LogP contribution < -0.4 is 9.88 Å². The van der Waals surface area contributed by atoms with Gasteiger partial charge in [0, 0.05) is 41.0 Å². The van der Waals surface area contributed by atoms with Crippen LogP contribution in [-0.4, -0.2) is 4.98 Å². The highest BCUT2D eigenvalue weighted by Gasteiger charge is 2.22. The van der Waals surface area contributed by atoms with Crippen molar-refractivity contribution in [1.29, 1.82) is 0 Å². The van der Waals surface area contributed by atoms with Crippen molar-refractivity contribution < 1.29 is 4.57 Å². The number of para-hydroxylation sites is 1. The topological polar surface area (TPSA) is 28.8 Å². The van der Waals surface area contributed by atoms with Crippen LogP contribution in [0.5, 0.6) is 0 Å². The van der Waals surface area contributed by atoms with Gasteiger partial charge >= 0.3 is 0 Å². The number of hydrogen-bond donors (Lipinski definition) is 1. The van der Waals surface area contributed by atoms with Crippen LogP contribution in [0.2, 0.25) is 0 Å². The summed E-state index contributed by atoms with van der Waals surface area (Å²) in [5.41, 5.74) is 9.86. The largest absolute Gasteiger partial charge is 0.355 e. The van der Waals surface area contributed by atoms with Crippen LogP contribution in [-0.2, 0) is 0 Å². The molecule has 33 heavy (non-hydrogen) atoms. The molecule has 1 aromatic heterocycles. The van der Waals surface area contributed by atoms with Gasteiger partial charge in [-0.3, -0.25) is 0 Å². The van der Waals surface area contributed by atoms with Crippen LogP contribution in [0.4, 0.5) is 11.4 Å². The average molecular weight is 427 g/mol. The van der Waals surface area contributed by atoms with E-state index in [1.807, 2.05) is 18.2 Å². The molecular formula is C30H24N3+. The molecule has 1 N–H and O–H groups in total. The van der Waals surface area contributed by atoms with Crippen molar-refractivity contribution in [2.24, 2.45) is 0 Å². The molecule has 3 nitrogen and oxygen atoms in total. The van der Waals surface area contributed by atoms with E-state index in [0.29, 0.717) is 0 Å². The Labute approximate surface area is 193 Å². The van der Waals surface area contributed by atoms with Crippen LogP contribution in [0.15, 0.2) is 103 Å². The highest BCUT2D eigenvalue weighted by atomic mass is 15.0. The molecule has 0 bridgehead atoms. The number of nitrogens with one attached hydrogen (secondary N) is 1. The fourth-order valence-corrected chi connectivity index (χ4v) is 4.53. The molecule has 0 saturated carbocycles. The Bertz CT molecular complexity index is 1640. The van der Waals surface area contributed by atoms with Crippen molar-refractivity contribution in [3.05, 3.63) is 114 Å². The molecule has 0 amide bonds. The normalized spacial score (nSPS) is 11.3. The number of nitrogens with zero attached hydrogens (tertiary/aromatic N) is 2. The summed E-state index contributed by atoms with van der Waals surface area (Å²) >= 11 is 0. The average Bonchev–Trinajstić information content (AvgIpc) is 2.84. The van der Waals surface area contributed by atoms with Crippen molar-refractivity contribution >= 4 is 44.2 Å². The van der Waals surface area contributed by atoms with Gasteiger partial charge < -0.3 is 5.32 Å². The molecular weight excluding hydrogens is 402 g/mol. The summed E-state index contributed by atoms with van der Waals surface area (Å²) < 4.78 is 2.33. The van der Waals surface area contributed by atoms with E-state index in [1.54, 1.807) is 0 Å². The third kappa shape index (κ3) is 3.39. The van der Waals surface area contributed by atoms with Gasteiger partial charge in [0.1, 0.15) is 11.0 Å². The number of aryl methyl sites for hydroxylation is 2. The highest BCUT2D eigenvalue weighted by Crippen LogP contribution is 2.29. The first-order chi connectivity index (χ1) is 16.2. The van der Waals surface area contributed by atoms with E-state index in [2.05, 4.69) is 109 Å². The fraction of sp³-hybridized carbons (Fsp3) is 0.0667. The second kappa shape index (κ2) is 7.72. The van der Waals surface area contributed by atoms with Gasteiger partial charge in [0.05, 0.1) is 0 Å². The van der Waals surface area contributed by atoms with Gasteiger partial charge in [0.15, 0.2) is 0 Å². The van der Waals surface area contributed by atoms with Gasteiger partial charge in [0.2, 0.25) is 16.7 Å². The first-order valence-electron chi connectivity index (χ1n) is 11.2. The van der Waals surface area contributed by atoms with Crippen molar-refractivity contribution in [3.8, 4) is 5.69 Å². The van der Waals surface area contributed by atoms with E-state index in [9.17, 15) is 0 Å². The molecule has 6 rings (SSSR count). The molecule has 0 aliphatic rings. The lowest BCUT2D eigenvalue weighted by Gasteiger charge is -2.12. The SMILES string of the molecule is Cc1ccc(-[n+]2c3cc(Nc4ccccc4)c(C)cc3nc3c4ccccc4ccc32)cc1. The Balaban J connectivity index is 1.70. The van der Waals surface area contributed by atoms with Gasteiger partial charge in [-0.25, -0.2) is 4.98 Å². The Hall–Kier alpha value is -4.24. The molecule has 0 saturated heterocycles. The van der Waals surface area contributed by atoms with E-state index in [-0.39, 0.29) is 0 Å². The zero-order valence-corrected chi connectivity index (χ0v) is 18.7. The van der Waals surface area contributed by atoms with E-state index in [0.717, 1.165) is 44.7 Å². The first kappa shape index (κ1) is 19.4. The lowest BCUT2D eigenvalue weighted by Crippen LogP contribution is -2.33. The maximum Gasteiger partial charge on any atom is 0.239 e. The quantitative estimate of drug-likeness (QED) is 0.184. The molecule has 6 aromatic rings. The fourth-order valence-electron chi connectivity index (χ4n) is 4.53. The molecule has 0 aliphatic heterocycles. The van der Waals surface area contributed by atoms with Gasteiger partial charge in [-0.15, -0.1) is 4.57 Å². The second-order valence-electron chi connectivity index (χ2n) is 8.58. The van der Waals surface area contributed by atoms with Crippen LogP contribution in [0.25, 0.3) is 38.5 Å². The molecule has 5 aromatic carbocycles. The van der Waals surface area contributed by atoms with Gasteiger partial charge in [-0.1, -0.05) is 60.2 Å². The van der Waals surface area contributed by atoms with Gasteiger partial charge in [0.25, 0.3) is 0 Å². The summed E-state index contributed by atoms with van der Waals surface area (Å²) in [5, 5.41) is 5.96. The van der Waals surface area contributed by atoms with Gasteiger partial charge in [-0.2, -0.15) is 0 Å². The van der Waals surface area contributed by atoms with E-state index in [4.69, 9.17) is 4.98 Å². The smallest absolute Gasteiger partial charge is 0.239 e. The molecule has 0 aliphatic carbocycles. The molecule has 0 radical (unpaired) electrons. The zero-order valence-electron chi connectivity index (χ0n) is 18.7. The van der Waals surface area contributed by atoms with Crippen molar-refractivity contribution in [2.45, 2.75) is 13.8 Å². The number of benzene rings is 5. The maximum absolute atomic E-state index is 5.17. The monoisotopic (exact) mass is 426 g/mol. The Morgan fingerprint density at radius 1 is 0.697 bits per heavy atom. The van der Waals surface area contributed by atoms with E-state index in [1.165, 1.54) is 16.3 Å². The Kier molecular flexibility index (Phi) is 4.55. The van der Waals surface area contributed by atoms with Gasteiger partial charge in [-0.05, 0) is 49.1 Å². The van der Waals surface area contributed by atoms with Crippen molar-refractivity contribution in [1.82, 2.24) is 4.98 Å². The number of hydrogen-bond acceptors (Lipinski definition) is 2. The standard InChI is InChI=1S/C30H23N3/c1-20-12-15-24(16-13-20)33-28-17-14-22-8-6-7-11-25(22)30(28)32-27-18-21(2)26(19-29(27)33)31-23-9-4-3-5-10-23/h3-19H,1-2H3/p+1. The van der Waals surface area contributed by atoms with E-state index < -0.39 is 0 Å². The molecule has 0 spiro atoms. The predicted octanol–water partition coefficient (Wildman–Crippen LogP) is 7.18. The molecule has 3 heteroatoms. The lowest BCUT2D eigenvalue weighted by atomic mass is 10.1. The van der Waals surface area contributed by atoms with Crippen LogP contribution in [0.3, 0.4) is 0 Å². The Morgan fingerprint density at radius 2 is 1.45 bits per heavy atom. The summed E-state index contributed by atoms with van der Waals surface area (Å²) in [7, 11) is 0. The zero-order chi connectivity index (χ0) is 22.4. The minimum Gasteiger partial charge on any atom is -0.355 e. The number of aromatic nitrogens is 2. The van der Waals surface area contributed by atoms with E-state index >= 15 is 0 Å². The molecule has 0 atom stereocenters. The number of anilines is 2. The number of fused-ring (bicyclic) bond motifs is 4. The van der Waals surface area contributed by atoms with Crippen molar-refractivity contribution in [3.63, 3.8) is 0 Å². The maximum atomic E-state index is 5.17. The molecule has 1 heterocycles. The summed E-state index contributed by atoms with van der Waals surface area (Å²) in [6, 6.07) is 36.3. The number of rotatable bonds is 3. The molecule has 158 valence electrons. The predicted molar refractivity (Wildman–Crippen MR) is 137 cm³/mol. The summed E-state index contributed by atoms with van der Waals surface area (Å²) in [6.45, 7) is 4.26. The third-order valence-corrected chi connectivity index (χ3v) is 6.26. The minimum atomic E-state index is 0.982. The summed E-state index contributed by atoms with van der Waals surface area (Å²) in [5.74, 6) is 0. The molecule has 0 fully saturated rings. The highest BCUT2D eigenvalue weighted by molar-refractivity contribution is 6.04. The minimum absolute atomic E-state index is 0.982. The summed E-state index contributed by atoms with van der Waals surface area (Å²) in [6.07, 6.45) is 0. The molecule has 0 unspecified atom stereocenters. The first-order valence-corrected chi connectivity index (χ1v) is 11.2. The second-order valence-corrected chi connectivity index (χ2v) is 8.58. The van der Waals surface area contributed by atoms with Crippen LogP contribution >= 0.6 is 0 Å². The van der Waals surface area contributed by atoms with Crippen LogP contribution in [0.1, 0.15) is 11.1 Å².